The summed E-state index contributed by atoms with van der Waals surface area (Å²) < 4.78 is 1.85. The van der Waals surface area contributed by atoms with Crippen LogP contribution in [0.3, 0.4) is 0 Å². The number of benzene rings is 1. The lowest BCUT2D eigenvalue weighted by Gasteiger charge is -2.19. The van der Waals surface area contributed by atoms with Crippen LogP contribution in [-0.4, -0.2) is 28.1 Å². The molecule has 0 aliphatic rings. The van der Waals surface area contributed by atoms with Gasteiger partial charge < -0.3 is 10.6 Å². The van der Waals surface area contributed by atoms with Crippen molar-refractivity contribution in [1.82, 2.24) is 15.1 Å². The van der Waals surface area contributed by atoms with Crippen LogP contribution in [0.25, 0.3) is 0 Å². The predicted octanol–water partition coefficient (Wildman–Crippen LogP) is 2.78. The number of nitrogens with one attached hydrogen (secondary N) is 2. The fourth-order valence-electron chi connectivity index (χ4n) is 2.91. The molecule has 1 atom stereocenters. The molecule has 2 N–H and O–H groups in total. The molecule has 1 aromatic carbocycles. The van der Waals surface area contributed by atoms with Crippen molar-refractivity contribution >= 4 is 28.8 Å². The second-order valence-electron chi connectivity index (χ2n) is 6.27. The van der Waals surface area contributed by atoms with Crippen molar-refractivity contribution < 1.29 is 9.59 Å². The van der Waals surface area contributed by atoms with Gasteiger partial charge in [-0.3, -0.25) is 14.3 Å². The molecule has 0 saturated heterocycles. The highest BCUT2D eigenvalue weighted by Gasteiger charge is 2.21. The number of amides is 2. The van der Waals surface area contributed by atoms with Gasteiger partial charge in [0.15, 0.2) is 0 Å². The third kappa shape index (κ3) is 4.27. The van der Waals surface area contributed by atoms with E-state index in [1.54, 1.807) is 35.6 Å². The van der Waals surface area contributed by atoms with Crippen molar-refractivity contribution in [3.8, 4) is 6.07 Å². The number of thiophene rings is 1. The van der Waals surface area contributed by atoms with Gasteiger partial charge in [0.2, 0.25) is 0 Å². The van der Waals surface area contributed by atoms with E-state index in [1.165, 1.54) is 0 Å². The molecule has 0 fully saturated rings. The average Bonchev–Trinajstić information content (AvgIpc) is 3.32. The Balaban J connectivity index is 1.71. The van der Waals surface area contributed by atoms with Gasteiger partial charge in [-0.15, -0.1) is 0 Å². The standard InChI is InChI=1S/C20H19N5O2S/c1-13-9-14(2)25(24-13)18(16-7-8-28-12-16)11-22-19(26)20(27)23-17-6-4-3-5-15(17)10-21/h3-9,12,18H,11H2,1-2H3,(H,22,26)(H,23,27). The molecular weight excluding hydrogens is 374 g/mol. The normalized spacial score (nSPS) is 11.5. The molecule has 0 saturated carbocycles. The quantitative estimate of drug-likeness (QED) is 0.651. The van der Waals surface area contributed by atoms with E-state index in [9.17, 15) is 9.59 Å². The third-order valence-corrected chi connectivity index (χ3v) is 4.93. The van der Waals surface area contributed by atoms with Crippen molar-refractivity contribution in [2.45, 2.75) is 19.9 Å². The van der Waals surface area contributed by atoms with Crippen molar-refractivity contribution in [2.75, 3.05) is 11.9 Å². The van der Waals surface area contributed by atoms with Gasteiger partial charge in [0.1, 0.15) is 6.07 Å². The molecule has 0 bridgehead atoms. The van der Waals surface area contributed by atoms with Gasteiger partial charge in [0.25, 0.3) is 0 Å². The number of para-hydroxylation sites is 1. The number of aromatic nitrogens is 2. The summed E-state index contributed by atoms with van der Waals surface area (Å²) in [6, 6.07) is 12.2. The van der Waals surface area contributed by atoms with Crippen LogP contribution in [0.4, 0.5) is 5.69 Å². The molecule has 1 unspecified atom stereocenters. The van der Waals surface area contributed by atoms with Gasteiger partial charge >= 0.3 is 11.8 Å². The highest BCUT2D eigenvalue weighted by Crippen LogP contribution is 2.22. The lowest BCUT2D eigenvalue weighted by molar-refractivity contribution is -0.136. The van der Waals surface area contributed by atoms with Gasteiger partial charge in [0.05, 0.1) is 23.0 Å². The molecule has 0 aliphatic carbocycles. The molecule has 3 rings (SSSR count). The van der Waals surface area contributed by atoms with E-state index >= 15 is 0 Å². The Morgan fingerprint density at radius 3 is 2.68 bits per heavy atom. The monoisotopic (exact) mass is 393 g/mol. The highest BCUT2D eigenvalue weighted by molar-refractivity contribution is 7.08. The zero-order valence-electron chi connectivity index (χ0n) is 15.5. The van der Waals surface area contributed by atoms with Crippen LogP contribution in [0.15, 0.2) is 47.2 Å². The zero-order valence-corrected chi connectivity index (χ0v) is 16.3. The minimum Gasteiger partial charge on any atom is -0.345 e. The van der Waals surface area contributed by atoms with Crippen LogP contribution in [-0.2, 0) is 9.59 Å². The van der Waals surface area contributed by atoms with Gasteiger partial charge in [0, 0.05) is 12.2 Å². The Hall–Kier alpha value is -3.44. The van der Waals surface area contributed by atoms with Crippen LogP contribution in [0.2, 0.25) is 0 Å². The molecule has 3 aromatic rings. The molecule has 142 valence electrons. The Kier molecular flexibility index (Phi) is 5.87. The van der Waals surface area contributed by atoms with Gasteiger partial charge in [-0.1, -0.05) is 12.1 Å². The number of rotatable bonds is 5. The zero-order chi connectivity index (χ0) is 20.1. The van der Waals surface area contributed by atoms with Crippen molar-refractivity contribution in [3.63, 3.8) is 0 Å². The highest BCUT2D eigenvalue weighted by atomic mass is 32.1. The van der Waals surface area contributed by atoms with Crippen LogP contribution >= 0.6 is 11.3 Å². The molecule has 0 aliphatic heterocycles. The van der Waals surface area contributed by atoms with Crippen LogP contribution in [0.1, 0.15) is 28.6 Å². The van der Waals surface area contributed by atoms with E-state index in [0.29, 0.717) is 11.3 Å². The number of hydrogen-bond acceptors (Lipinski definition) is 5. The SMILES string of the molecule is Cc1cc(C)n(C(CNC(=O)C(=O)Nc2ccccc2C#N)c2ccsc2)n1. The number of nitriles is 1. The first-order chi connectivity index (χ1) is 13.5. The Labute approximate surface area is 166 Å². The second kappa shape index (κ2) is 8.50. The Morgan fingerprint density at radius 2 is 2.04 bits per heavy atom. The molecule has 2 amide bonds. The molecule has 28 heavy (non-hydrogen) atoms. The molecular formula is C20H19N5O2S. The Morgan fingerprint density at radius 1 is 1.25 bits per heavy atom. The minimum absolute atomic E-state index is 0.213. The van der Waals surface area contributed by atoms with Gasteiger partial charge in [-0.05, 0) is 54.4 Å². The second-order valence-corrected chi connectivity index (χ2v) is 7.05. The Bertz CT molecular complexity index is 1030. The summed E-state index contributed by atoms with van der Waals surface area (Å²) in [6.45, 7) is 4.07. The first-order valence-electron chi connectivity index (χ1n) is 8.62. The van der Waals surface area contributed by atoms with E-state index < -0.39 is 11.8 Å². The minimum atomic E-state index is -0.819. The summed E-state index contributed by atoms with van der Waals surface area (Å²) >= 11 is 1.56. The van der Waals surface area contributed by atoms with Crippen LogP contribution in [0.5, 0.6) is 0 Å². The van der Waals surface area contributed by atoms with E-state index in [2.05, 4.69) is 15.7 Å². The summed E-state index contributed by atoms with van der Waals surface area (Å²) in [6.07, 6.45) is 0. The summed E-state index contributed by atoms with van der Waals surface area (Å²) in [5, 5.41) is 22.7. The summed E-state index contributed by atoms with van der Waals surface area (Å²) in [7, 11) is 0. The number of carbonyl (C=O) groups excluding carboxylic acids is 2. The lowest BCUT2D eigenvalue weighted by atomic mass is 10.1. The van der Waals surface area contributed by atoms with Gasteiger partial charge in [-0.25, -0.2) is 0 Å². The number of nitrogens with zero attached hydrogens (tertiary/aromatic N) is 3. The molecule has 2 heterocycles. The van der Waals surface area contributed by atoms with E-state index in [-0.39, 0.29) is 12.6 Å². The molecule has 8 heteroatoms. The summed E-state index contributed by atoms with van der Waals surface area (Å²) in [5.41, 5.74) is 3.46. The van der Waals surface area contributed by atoms with Crippen molar-refractivity contribution in [1.29, 1.82) is 5.26 Å². The summed E-state index contributed by atoms with van der Waals surface area (Å²) in [4.78, 5) is 24.5. The maximum atomic E-state index is 12.3. The topological polar surface area (TPSA) is 99.8 Å². The van der Waals surface area contributed by atoms with E-state index in [0.717, 1.165) is 17.0 Å². The van der Waals surface area contributed by atoms with Crippen molar-refractivity contribution in [2.24, 2.45) is 0 Å². The average molecular weight is 393 g/mol. The van der Waals surface area contributed by atoms with Crippen LogP contribution < -0.4 is 10.6 Å². The molecule has 7 nitrogen and oxygen atoms in total. The fourth-order valence-corrected chi connectivity index (χ4v) is 3.62. The largest absolute Gasteiger partial charge is 0.345 e. The number of hydrogen-bond donors (Lipinski definition) is 2. The predicted molar refractivity (Wildman–Crippen MR) is 107 cm³/mol. The number of aryl methyl sites for hydroxylation is 2. The fraction of sp³-hybridized carbons (Fsp3) is 0.200. The van der Waals surface area contributed by atoms with Crippen LogP contribution in [0, 0.1) is 25.2 Å². The van der Waals surface area contributed by atoms with Gasteiger partial charge in [-0.2, -0.15) is 21.7 Å². The molecule has 0 spiro atoms. The third-order valence-electron chi connectivity index (χ3n) is 4.23. The van der Waals surface area contributed by atoms with E-state index in [4.69, 9.17) is 5.26 Å². The molecule has 0 radical (unpaired) electrons. The van der Waals surface area contributed by atoms with E-state index in [1.807, 2.05) is 47.5 Å². The number of anilines is 1. The lowest BCUT2D eigenvalue weighted by Crippen LogP contribution is -2.39. The maximum absolute atomic E-state index is 12.3. The first kappa shape index (κ1) is 19.3. The first-order valence-corrected chi connectivity index (χ1v) is 9.57. The summed E-state index contributed by atoms with van der Waals surface area (Å²) in [5.74, 6) is -1.59. The maximum Gasteiger partial charge on any atom is 0.313 e. The smallest absolute Gasteiger partial charge is 0.313 e. The number of carbonyl (C=O) groups is 2. The van der Waals surface area contributed by atoms with Crippen molar-refractivity contribution in [3.05, 3.63) is 69.7 Å². The molecule has 2 aromatic heterocycles.